The summed E-state index contributed by atoms with van der Waals surface area (Å²) in [6.45, 7) is 0.402. The Bertz CT molecular complexity index is 1100. The summed E-state index contributed by atoms with van der Waals surface area (Å²) in [6, 6.07) is 8.13. The summed E-state index contributed by atoms with van der Waals surface area (Å²) in [7, 11) is -2.26. The lowest BCUT2D eigenvalue weighted by atomic mass is 9.73. The zero-order chi connectivity index (χ0) is 23.5. The minimum Gasteiger partial charge on any atom is -0.480 e. The van der Waals surface area contributed by atoms with Crippen LogP contribution in [0, 0.1) is 0 Å². The van der Waals surface area contributed by atoms with Crippen LogP contribution in [0.4, 0.5) is 0 Å². The second kappa shape index (κ2) is 9.75. The second-order valence-electron chi connectivity index (χ2n) is 7.85. The molecule has 12 heteroatoms. The lowest BCUT2D eigenvalue weighted by Gasteiger charge is -2.21. The summed E-state index contributed by atoms with van der Waals surface area (Å²) in [4.78, 5) is 36.8. The van der Waals surface area contributed by atoms with Gasteiger partial charge in [-0.25, -0.2) is 4.79 Å². The van der Waals surface area contributed by atoms with Crippen LogP contribution in [0.1, 0.15) is 31.8 Å². The highest BCUT2D eigenvalue weighted by Gasteiger charge is 2.28. The number of amides is 2. The Morgan fingerprint density at radius 3 is 1.91 bits per heavy atom. The Morgan fingerprint density at radius 1 is 0.879 bits per heavy atom. The van der Waals surface area contributed by atoms with Crippen molar-refractivity contribution in [3.05, 3.63) is 58.7 Å². The molecule has 2 aliphatic heterocycles. The molecule has 0 fully saturated rings. The zero-order valence-electron chi connectivity index (χ0n) is 17.6. The van der Waals surface area contributed by atoms with E-state index in [1.807, 2.05) is 0 Å². The highest BCUT2D eigenvalue weighted by Crippen LogP contribution is 2.11. The van der Waals surface area contributed by atoms with Gasteiger partial charge in [-0.05, 0) is 59.2 Å². The molecule has 2 amide bonds. The number of fused-ring (bicyclic) bond motifs is 2. The molecule has 0 aliphatic carbocycles. The van der Waals surface area contributed by atoms with Gasteiger partial charge in [0.25, 0.3) is 11.8 Å². The fraction of sp³-hybridized carbons (Fsp3) is 0.286. The van der Waals surface area contributed by atoms with Crippen molar-refractivity contribution in [1.82, 2.24) is 10.6 Å². The Hall–Kier alpha value is -3.18. The first-order chi connectivity index (χ1) is 15.8. The van der Waals surface area contributed by atoms with Gasteiger partial charge in [0.2, 0.25) is 0 Å². The maximum absolute atomic E-state index is 12.6. The first-order valence-corrected chi connectivity index (χ1v) is 10.5. The summed E-state index contributed by atoms with van der Waals surface area (Å²) < 4.78 is 10.3. The van der Waals surface area contributed by atoms with Crippen LogP contribution in [0.3, 0.4) is 0 Å². The maximum atomic E-state index is 12.6. The second-order valence-corrected chi connectivity index (χ2v) is 7.85. The smallest absolute Gasteiger partial charge is 0.480 e. The zero-order valence-corrected chi connectivity index (χ0v) is 17.6. The molecule has 33 heavy (non-hydrogen) atoms. The summed E-state index contributed by atoms with van der Waals surface area (Å²) in [6.07, 6.45) is 1.22. The molecule has 0 bridgehead atoms. The van der Waals surface area contributed by atoms with Gasteiger partial charge in [0.15, 0.2) is 0 Å². The van der Waals surface area contributed by atoms with E-state index in [1.54, 1.807) is 24.3 Å². The monoisotopic (exact) mass is 452 g/mol. The summed E-state index contributed by atoms with van der Waals surface area (Å²) in [5.74, 6) is -2.53. The highest BCUT2D eigenvalue weighted by atomic mass is 16.5. The van der Waals surface area contributed by atoms with Crippen molar-refractivity contribution >= 4 is 42.9 Å². The molecule has 2 aromatic rings. The first-order valence-electron chi connectivity index (χ1n) is 10.5. The molecule has 2 heterocycles. The number of carbonyl (C=O) groups excluding carboxylic acids is 2. The summed E-state index contributed by atoms with van der Waals surface area (Å²) >= 11 is 0. The minimum atomic E-state index is -1.38. The summed E-state index contributed by atoms with van der Waals surface area (Å²) in [5, 5.41) is 34.3. The van der Waals surface area contributed by atoms with Crippen LogP contribution in [0.15, 0.2) is 36.4 Å². The number of hydrogen-bond donors (Lipinski definition) is 5. The molecule has 1 atom stereocenters. The van der Waals surface area contributed by atoms with Crippen LogP contribution >= 0.6 is 0 Å². The maximum Gasteiger partial charge on any atom is 0.491 e. The fourth-order valence-corrected chi connectivity index (χ4v) is 3.87. The number of carboxylic acid groups (broad SMARTS) is 1. The Morgan fingerprint density at radius 2 is 1.39 bits per heavy atom. The van der Waals surface area contributed by atoms with Crippen molar-refractivity contribution in [3.8, 4) is 0 Å². The molecule has 0 unspecified atom stereocenters. The van der Waals surface area contributed by atoms with Gasteiger partial charge in [0, 0.05) is 30.9 Å². The number of aliphatic carboxylic acids is 1. The molecule has 0 saturated carbocycles. The van der Waals surface area contributed by atoms with Gasteiger partial charge >= 0.3 is 20.2 Å². The number of benzene rings is 2. The van der Waals surface area contributed by atoms with Crippen molar-refractivity contribution in [2.24, 2.45) is 0 Å². The highest BCUT2D eigenvalue weighted by molar-refractivity contribution is 6.61. The van der Waals surface area contributed by atoms with E-state index in [0.717, 1.165) is 11.1 Å². The fourth-order valence-electron chi connectivity index (χ4n) is 3.87. The van der Waals surface area contributed by atoms with E-state index in [0.29, 0.717) is 37.0 Å². The van der Waals surface area contributed by atoms with E-state index in [-0.39, 0.29) is 17.7 Å². The Labute approximate surface area is 190 Å². The van der Waals surface area contributed by atoms with Crippen molar-refractivity contribution < 1.29 is 38.8 Å². The third-order valence-corrected chi connectivity index (χ3v) is 5.71. The average molecular weight is 452 g/mol. The molecule has 0 radical (unpaired) electrons. The van der Waals surface area contributed by atoms with E-state index >= 15 is 0 Å². The third-order valence-electron chi connectivity index (χ3n) is 5.71. The van der Waals surface area contributed by atoms with Crippen LogP contribution in [-0.2, 0) is 26.9 Å². The van der Waals surface area contributed by atoms with E-state index in [4.69, 9.17) is 9.31 Å². The van der Waals surface area contributed by atoms with E-state index in [9.17, 15) is 29.5 Å². The molecule has 0 spiro atoms. The van der Waals surface area contributed by atoms with Gasteiger partial charge in [-0.1, -0.05) is 12.1 Å². The van der Waals surface area contributed by atoms with Crippen molar-refractivity contribution in [1.29, 1.82) is 0 Å². The van der Waals surface area contributed by atoms with Crippen molar-refractivity contribution in [2.45, 2.75) is 18.9 Å². The normalized spacial score (nSPS) is 15.8. The Kier molecular flexibility index (Phi) is 6.80. The van der Waals surface area contributed by atoms with Crippen molar-refractivity contribution in [2.75, 3.05) is 19.8 Å². The van der Waals surface area contributed by atoms with Crippen LogP contribution in [0.2, 0.25) is 0 Å². The molecule has 5 N–H and O–H groups in total. The molecule has 0 saturated heterocycles. The molecular formula is C21H22B2N2O8. The number of nitrogens with one attached hydrogen (secondary N) is 2. The number of carbonyl (C=O) groups is 3. The van der Waals surface area contributed by atoms with Gasteiger partial charge in [0.1, 0.15) is 6.04 Å². The van der Waals surface area contributed by atoms with Crippen LogP contribution < -0.4 is 21.6 Å². The van der Waals surface area contributed by atoms with E-state index in [2.05, 4.69) is 10.6 Å². The number of hydrogen-bond acceptors (Lipinski definition) is 7. The lowest BCUT2D eigenvalue weighted by Crippen LogP contribution is -2.49. The van der Waals surface area contributed by atoms with Gasteiger partial charge in [0.05, 0.1) is 0 Å². The Balaban J connectivity index is 1.41. The van der Waals surface area contributed by atoms with Gasteiger partial charge in [-0.2, -0.15) is 0 Å². The predicted octanol–water partition coefficient (Wildman–Crippen LogP) is -2.18. The number of rotatable bonds is 6. The molecule has 4 rings (SSSR count). The largest absolute Gasteiger partial charge is 0.491 e. The molecule has 0 aromatic heterocycles. The van der Waals surface area contributed by atoms with Gasteiger partial charge in [-0.3, -0.25) is 9.59 Å². The standard InChI is InChI=1S/C21H22B2N2O8/c26-19(14-3-1-12-5-7-32-22(30)16(12)9-14)24-11-18(21(28)29)25-20(27)15-4-2-13-6-8-33-23(31)17(13)10-15/h1-4,9-10,18,30-31H,5-8,11H2,(H,24,26)(H,25,27)(H,28,29)/t18-/m0/s1. The van der Waals surface area contributed by atoms with Gasteiger partial charge < -0.3 is 35.1 Å². The van der Waals surface area contributed by atoms with E-state index in [1.165, 1.54) is 12.1 Å². The first kappa shape index (κ1) is 23.0. The average Bonchev–Trinajstić information content (AvgIpc) is 2.81. The quantitative estimate of drug-likeness (QED) is 0.310. The third kappa shape index (κ3) is 5.09. The van der Waals surface area contributed by atoms with Crippen LogP contribution in [-0.4, -0.2) is 73.0 Å². The molecule has 170 valence electrons. The molecule has 2 aromatic carbocycles. The predicted molar refractivity (Wildman–Crippen MR) is 119 cm³/mol. The van der Waals surface area contributed by atoms with Gasteiger partial charge in [-0.15, -0.1) is 0 Å². The lowest BCUT2D eigenvalue weighted by molar-refractivity contribution is -0.139. The van der Waals surface area contributed by atoms with Crippen LogP contribution in [0.5, 0.6) is 0 Å². The molecular weight excluding hydrogens is 430 g/mol. The SMILES string of the molecule is O=C(NC[C@H](NC(=O)c1ccc2c(c1)B(O)OCC2)C(=O)O)c1ccc2c(c1)B(O)OCC2. The van der Waals surface area contributed by atoms with Crippen molar-refractivity contribution in [3.63, 3.8) is 0 Å². The summed E-state index contributed by atoms with van der Waals surface area (Å²) in [5.41, 5.74) is 3.09. The topological polar surface area (TPSA) is 154 Å². The van der Waals surface area contributed by atoms with E-state index < -0.39 is 38.1 Å². The van der Waals surface area contributed by atoms with Crippen LogP contribution in [0.25, 0.3) is 0 Å². The molecule has 10 nitrogen and oxygen atoms in total. The minimum absolute atomic E-state index is 0.166. The number of carboxylic acids is 1. The molecule has 2 aliphatic rings.